The van der Waals surface area contributed by atoms with E-state index in [2.05, 4.69) is 27.6 Å². The second-order valence-corrected chi connectivity index (χ2v) is 5.13. The Morgan fingerprint density at radius 2 is 1.89 bits per heavy atom. The van der Waals surface area contributed by atoms with Gasteiger partial charge in [-0.05, 0) is 52.9 Å². The van der Waals surface area contributed by atoms with Crippen LogP contribution in [-0.4, -0.2) is 11.6 Å². The average molecular weight is 354 g/mol. The Morgan fingerprint density at radius 1 is 1.11 bits per heavy atom. The van der Waals surface area contributed by atoms with Crippen molar-refractivity contribution >= 4 is 22.6 Å². The van der Waals surface area contributed by atoms with E-state index in [0.717, 1.165) is 23.6 Å². The molecule has 4 heteroatoms. The molecule has 1 aromatic heterocycles. The van der Waals surface area contributed by atoms with Gasteiger partial charge in [-0.1, -0.05) is 12.1 Å². The zero-order valence-electron chi connectivity index (χ0n) is 9.97. The molecule has 1 aromatic carbocycles. The second-order valence-electron chi connectivity index (χ2n) is 3.88. The first-order valence-corrected chi connectivity index (χ1v) is 6.89. The van der Waals surface area contributed by atoms with Crippen molar-refractivity contribution in [2.45, 2.75) is 13.0 Å². The number of nitrogens with zero attached hydrogens (tertiary/aromatic N) is 1. The van der Waals surface area contributed by atoms with E-state index in [1.54, 1.807) is 0 Å². The lowest BCUT2D eigenvalue weighted by Gasteiger charge is -2.07. The number of rotatable bonds is 5. The Labute approximate surface area is 121 Å². The van der Waals surface area contributed by atoms with Gasteiger partial charge >= 0.3 is 0 Å². The van der Waals surface area contributed by atoms with Crippen molar-refractivity contribution in [3.05, 3.63) is 57.4 Å². The van der Waals surface area contributed by atoms with Crippen molar-refractivity contribution in [3.8, 4) is 5.75 Å². The maximum absolute atomic E-state index is 5.69. The molecule has 0 fully saturated rings. The third-order valence-corrected chi connectivity index (χ3v) is 3.17. The highest BCUT2D eigenvalue weighted by Gasteiger charge is 1.99. The molecule has 3 nitrogen and oxygen atoms in total. The van der Waals surface area contributed by atoms with Crippen molar-refractivity contribution in [2.24, 2.45) is 5.73 Å². The van der Waals surface area contributed by atoms with Crippen molar-refractivity contribution < 1.29 is 4.74 Å². The molecule has 2 N–H and O–H groups in total. The highest BCUT2D eigenvalue weighted by molar-refractivity contribution is 14.1. The quantitative estimate of drug-likeness (QED) is 0.840. The molecule has 0 spiro atoms. The summed E-state index contributed by atoms with van der Waals surface area (Å²) in [5.74, 6) is 0.900. The Hall–Kier alpha value is -1.14. The summed E-state index contributed by atoms with van der Waals surface area (Å²) in [5, 5.41) is 0. The number of hydrogen-bond acceptors (Lipinski definition) is 3. The largest absolute Gasteiger partial charge is 0.493 e. The van der Waals surface area contributed by atoms with Gasteiger partial charge in [-0.25, -0.2) is 0 Å². The van der Waals surface area contributed by atoms with Crippen LogP contribution in [0.1, 0.15) is 11.4 Å². The highest BCUT2D eigenvalue weighted by Crippen LogP contribution is 2.15. The van der Waals surface area contributed by atoms with Gasteiger partial charge in [0.2, 0.25) is 0 Å². The average Bonchev–Trinajstić information content (AvgIpc) is 2.39. The minimum Gasteiger partial charge on any atom is -0.493 e. The lowest BCUT2D eigenvalue weighted by molar-refractivity contribution is 0.320. The topological polar surface area (TPSA) is 48.1 Å². The van der Waals surface area contributed by atoms with Gasteiger partial charge in [0.1, 0.15) is 5.75 Å². The van der Waals surface area contributed by atoms with Gasteiger partial charge < -0.3 is 10.5 Å². The summed E-state index contributed by atoms with van der Waals surface area (Å²) in [5.41, 5.74) is 7.50. The standard InChI is InChI=1S/C14H15IN2O/c15-11-3-1-6-14(9-11)18-8-7-12-4-2-5-13(10-16)17-12/h1-6,9H,7-8,10,16H2. The van der Waals surface area contributed by atoms with Crippen molar-refractivity contribution in [1.29, 1.82) is 0 Å². The van der Waals surface area contributed by atoms with Gasteiger partial charge in [0, 0.05) is 22.2 Å². The van der Waals surface area contributed by atoms with Gasteiger partial charge in [-0.2, -0.15) is 0 Å². The Kier molecular flexibility index (Phi) is 4.95. The molecule has 0 bridgehead atoms. The van der Waals surface area contributed by atoms with Gasteiger partial charge in [0.05, 0.1) is 12.3 Å². The molecule has 0 unspecified atom stereocenters. The number of nitrogens with two attached hydrogens (primary N) is 1. The van der Waals surface area contributed by atoms with Gasteiger partial charge in [0.15, 0.2) is 0 Å². The summed E-state index contributed by atoms with van der Waals surface area (Å²) in [6, 6.07) is 13.9. The van der Waals surface area contributed by atoms with Crippen LogP contribution in [-0.2, 0) is 13.0 Å². The van der Waals surface area contributed by atoms with Crippen LogP contribution >= 0.6 is 22.6 Å². The Bertz CT molecular complexity index is 517. The third-order valence-electron chi connectivity index (χ3n) is 2.50. The number of hydrogen-bond donors (Lipinski definition) is 1. The SMILES string of the molecule is NCc1cccc(CCOc2cccc(I)c2)n1. The summed E-state index contributed by atoms with van der Waals surface area (Å²) in [6.07, 6.45) is 0.791. The fraction of sp³-hybridized carbons (Fsp3) is 0.214. The van der Waals surface area contributed by atoms with E-state index in [9.17, 15) is 0 Å². The smallest absolute Gasteiger partial charge is 0.120 e. The molecule has 0 saturated heterocycles. The van der Waals surface area contributed by atoms with Crippen LogP contribution < -0.4 is 10.5 Å². The zero-order valence-corrected chi connectivity index (χ0v) is 12.1. The Morgan fingerprint density at radius 3 is 2.67 bits per heavy atom. The van der Waals surface area contributed by atoms with E-state index < -0.39 is 0 Å². The van der Waals surface area contributed by atoms with Crippen LogP contribution in [0, 0.1) is 3.57 Å². The maximum Gasteiger partial charge on any atom is 0.120 e. The summed E-state index contributed by atoms with van der Waals surface area (Å²) in [4.78, 5) is 4.43. The molecule has 0 aliphatic heterocycles. The molecule has 0 radical (unpaired) electrons. The first kappa shape index (κ1) is 13.3. The first-order valence-electron chi connectivity index (χ1n) is 5.81. The van der Waals surface area contributed by atoms with Crippen LogP contribution in [0.25, 0.3) is 0 Å². The third kappa shape index (κ3) is 3.96. The van der Waals surface area contributed by atoms with E-state index in [0.29, 0.717) is 13.2 Å². The lowest BCUT2D eigenvalue weighted by atomic mass is 10.2. The fourth-order valence-electron chi connectivity index (χ4n) is 1.61. The van der Waals surface area contributed by atoms with Gasteiger partial charge in [-0.15, -0.1) is 0 Å². The molecule has 2 rings (SSSR count). The number of benzene rings is 1. The second kappa shape index (κ2) is 6.70. The monoisotopic (exact) mass is 354 g/mol. The van der Waals surface area contributed by atoms with Crippen molar-refractivity contribution in [1.82, 2.24) is 4.98 Å². The van der Waals surface area contributed by atoms with E-state index >= 15 is 0 Å². The highest BCUT2D eigenvalue weighted by atomic mass is 127. The lowest BCUT2D eigenvalue weighted by Crippen LogP contribution is -2.06. The maximum atomic E-state index is 5.69. The van der Waals surface area contributed by atoms with Crippen LogP contribution in [0.4, 0.5) is 0 Å². The molecular weight excluding hydrogens is 339 g/mol. The van der Waals surface area contributed by atoms with Gasteiger partial charge in [-0.3, -0.25) is 4.98 Å². The van der Waals surface area contributed by atoms with E-state index in [4.69, 9.17) is 10.5 Å². The molecule has 94 valence electrons. The molecule has 0 amide bonds. The molecule has 0 saturated carbocycles. The molecule has 2 aromatic rings. The summed E-state index contributed by atoms with van der Waals surface area (Å²) in [7, 11) is 0. The minimum absolute atomic E-state index is 0.478. The summed E-state index contributed by atoms with van der Waals surface area (Å²) < 4.78 is 6.86. The predicted octanol–water partition coefficient (Wildman–Crippen LogP) is 2.77. The molecule has 0 aliphatic rings. The van der Waals surface area contributed by atoms with Crippen molar-refractivity contribution in [3.63, 3.8) is 0 Å². The zero-order chi connectivity index (χ0) is 12.8. The predicted molar refractivity (Wildman–Crippen MR) is 80.5 cm³/mol. The molecular formula is C14H15IN2O. The van der Waals surface area contributed by atoms with E-state index in [1.165, 1.54) is 3.57 Å². The van der Waals surface area contributed by atoms with Crippen LogP contribution in [0.2, 0.25) is 0 Å². The van der Waals surface area contributed by atoms with E-state index in [1.807, 2.05) is 42.5 Å². The fourth-order valence-corrected chi connectivity index (χ4v) is 2.13. The normalized spacial score (nSPS) is 10.3. The Balaban J connectivity index is 1.88. The summed E-state index contributed by atoms with van der Waals surface area (Å²) in [6.45, 7) is 1.10. The number of pyridine rings is 1. The molecule has 1 heterocycles. The van der Waals surface area contributed by atoms with Crippen molar-refractivity contribution in [2.75, 3.05) is 6.61 Å². The first-order chi connectivity index (χ1) is 8.78. The molecule has 0 atom stereocenters. The molecule has 0 aliphatic carbocycles. The van der Waals surface area contributed by atoms with Crippen LogP contribution in [0.3, 0.4) is 0 Å². The minimum atomic E-state index is 0.478. The summed E-state index contributed by atoms with van der Waals surface area (Å²) >= 11 is 2.27. The van der Waals surface area contributed by atoms with Crippen LogP contribution in [0.15, 0.2) is 42.5 Å². The van der Waals surface area contributed by atoms with Gasteiger partial charge in [0.25, 0.3) is 0 Å². The van der Waals surface area contributed by atoms with Crippen LogP contribution in [0.5, 0.6) is 5.75 Å². The number of aromatic nitrogens is 1. The molecule has 18 heavy (non-hydrogen) atoms. The van der Waals surface area contributed by atoms with E-state index in [-0.39, 0.29) is 0 Å². The number of ether oxygens (including phenoxy) is 1. The number of halogens is 1.